The smallest absolute Gasteiger partial charge is 0.0113 e. The third-order valence-corrected chi connectivity index (χ3v) is 11.6. The molecule has 0 aromatic heterocycles. The quantitative estimate of drug-likeness (QED) is 0.160. The molecule has 43 heavy (non-hydrogen) atoms. The van der Waals surface area contributed by atoms with Gasteiger partial charge in [-0.05, 0) is 88.8 Å². The minimum atomic E-state index is -0.740. The molecule has 1 unspecified atom stereocenters. The summed E-state index contributed by atoms with van der Waals surface area (Å²) in [5.74, 6) is 0. The van der Waals surface area contributed by atoms with Gasteiger partial charge in [0.25, 0.3) is 0 Å². The molecule has 0 saturated carbocycles. The fourth-order valence-corrected chi connectivity index (χ4v) is 9.84. The Bertz CT molecular complexity index is 2300. The van der Waals surface area contributed by atoms with Crippen LogP contribution < -0.4 is 0 Å². The molecule has 9 rings (SSSR count). The molecule has 0 N–H and O–H groups in total. The number of rotatable bonds is 3. The van der Waals surface area contributed by atoms with E-state index in [1.165, 1.54) is 80.4 Å². The van der Waals surface area contributed by atoms with E-state index in [1.807, 2.05) is 0 Å². The van der Waals surface area contributed by atoms with Gasteiger partial charge in [0.05, 0.1) is 0 Å². The highest BCUT2D eigenvalue weighted by Crippen LogP contribution is 2.65. The highest BCUT2D eigenvalue weighted by Gasteiger charge is 2.30. The lowest BCUT2D eigenvalue weighted by molar-refractivity contribution is 1.41. The van der Waals surface area contributed by atoms with Gasteiger partial charge in [-0.15, -0.1) is 0 Å². The number of fused-ring (bicyclic) bond motifs is 9. The van der Waals surface area contributed by atoms with Crippen LogP contribution in [-0.4, -0.2) is 0 Å². The third-order valence-electron chi connectivity index (χ3n) is 8.98. The average molecular weight is 565 g/mol. The molecule has 1 aliphatic heterocycles. The van der Waals surface area contributed by atoms with Gasteiger partial charge in [-0.25, -0.2) is 0 Å². The van der Waals surface area contributed by atoms with Crippen molar-refractivity contribution >= 4 is 43.2 Å². The molecule has 0 saturated heterocycles. The van der Waals surface area contributed by atoms with Crippen molar-refractivity contribution in [3.63, 3.8) is 0 Å². The number of thiol groups is 1. The predicted molar refractivity (Wildman–Crippen MR) is 185 cm³/mol. The lowest BCUT2D eigenvalue weighted by atomic mass is 9.94. The van der Waals surface area contributed by atoms with Gasteiger partial charge in [0.15, 0.2) is 0 Å². The van der Waals surface area contributed by atoms with Crippen LogP contribution in [0.3, 0.4) is 0 Å². The molecule has 1 heterocycles. The van der Waals surface area contributed by atoms with Gasteiger partial charge in [0.2, 0.25) is 0 Å². The van der Waals surface area contributed by atoms with Crippen molar-refractivity contribution in [2.24, 2.45) is 0 Å². The third kappa shape index (κ3) is 3.79. The first-order valence-corrected chi connectivity index (χ1v) is 16.2. The molecule has 0 amide bonds. The van der Waals surface area contributed by atoms with Crippen molar-refractivity contribution in [2.45, 2.75) is 14.7 Å². The first-order chi connectivity index (χ1) is 21.3. The van der Waals surface area contributed by atoms with Crippen molar-refractivity contribution in [1.82, 2.24) is 0 Å². The molecule has 8 aromatic carbocycles. The molecule has 1 heteroatoms. The Morgan fingerprint density at radius 3 is 1.53 bits per heavy atom. The summed E-state index contributed by atoms with van der Waals surface area (Å²) in [5.41, 5.74) is 7.84. The van der Waals surface area contributed by atoms with Crippen molar-refractivity contribution in [1.29, 1.82) is 0 Å². The summed E-state index contributed by atoms with van der Waals surface area (Å²) in [4.78, 5) is 4.32. The molecular formula is C42H28S. The molecule has 0 radical (unpaired) electrons. The number of hydrogen-bond acceptors (Lipinski definition) is 0. The fraction of sp³-hybridized carbons (Fsp3) is 0. The van der Waals surface area contributed by atoms with E-state index in [9.17, 15) is 0 Å². The monoisotopic (exact) mass is 564 g/mol. The van der Waals surface area contributed by atoms with Crippen LogP contribution in [0.4, 0.5) is 0 Å². The second kappa shape index (κ2) is 9.73. The summed E-state index contributed by atoms with van der Waals surface area (Å²) in [6.45, 7) is 0. The molecule has 0 spiro atoms. The SMILES string of the molecule is c1ccc(-c2ccc(-c3cccc4c3[SH](c3ccc5c6ccccc6c6ccccc6c5c3)c3ccccc3-4)cc2)cc1. The lowest BCUT2D eigenvalue weighted by Gasteiger charge is -2.23. The summed E-state index contributed by atoms with van der Waals surface area (Å²) >= 11 is 0. The van der Waals surface area contributed by atoms with Crippen LogP contribution in [0.25, 0.3) is 65.7 Å². The molecule has 0 aliphatic carbocycles. The second-order valence-electron chi connectivity index (χ2n) is 11.3. The predicted octanol–water partition coefficient (Wildman–Crippen LogP) is 11.9. The number of benzene rings is 8. The molecule has 1 atom stereocenters. The normalized spacial score (nSPS) is 14.7. The van der Waals surface area contributed by atoms with E-state index in [0.717, 1.165) is 0 Å². The second-order valence-corrected chi connectivity index (χ2v) is 13.4. The molecule has 8 aromatic rings. The topological polar surface area (TPSA) is 0 Å². The van der Waals surface area contributed by atoms with Crippen LogP contribution in [0, 0.1) is 0 Å². The molecule has 0 fully saturated rings. The van der Waals surface area contributed by atoms with Crippen LogP contribution in [0.2, 0.25) is 0 Å². The first kappa shape index (κ1) is 24.5. The average Bonchev–Trinajstić information content (AvgIpc) is 3.43. The fourth-order valence-electron chi connectivity index (χ4n) is 7.03. The first-order valence-electron chi connectivity index (χ1n) is 14.9. The van der Waals surface area contributed by atoms with Crippen LogP contribution in [0.5, 0.6) is 0 Å². The molecular weight excluding hydrogens is 537 g/mol. The van der Waals surface area contributed by atoms with Gasteiger partial charge in [-0.1, -0.05) is 146 Å². The highest BCUT2D eigenvalue weighted by molar-refractivity contribution is 8.17. The van der Waals surface area contributed by atoms with E-state index >= 15 is 0 Å². The van der Waals surface area contributed by atoms with Gasteiger partial charge < -0.3 is 0 Å². The minimum absolute atomic E-state index is 0.740. The zero-order valence-electron chi connectivity index (χ0n) is 23.5. The zero-order chi connectivity index (χ0) is 28.3. The Hall–Kier alpha value is -5.11. The summed E-state index contributed by atoms with van der Waals surface area (Å²) < 4.78 is 0. The Morgan fingerprint density at radius 2 is 0.814 bits per heavy atom. The van der Waals surface area contributed by atoms with Gasteiger partial charge >= 0.3 is 0 Å². The minimum Gasteiger partial charge on any atom is -0.171 e. The Kier molecular flexibility index (Phi) is 5.54. The van der Waals surface area contributed by atoms with E-state index in [1.54, 1.807) is 0 Å². The molecule has 1 aliphatic rings. The maximum absolute atomic E-state index is 2.50. The number of hydrogen-bond donors (Lipinski definition) is 1. The summed E-state index contributed by atoms with van der Waals surface area (Å²) in [6.07, 6.45) is 0. The maximum atomic E-state index is 2.50. The van der Waals surface area contributed by atoms with E-state index in [0.29, 0.717) is 0 Å². The lowest BCUT2D eigenvalue weighted by Crippen LogP contribution is -1.90. The van der Waals surface area contributed by atoms with Crippen molar-refractivity contribution < 1.29 is 0 Å². The maximum Gasteiger partial charge on any atom is 0.0113 e. The van der Waals surface area contributed by atoms with Gasteiger partial charge in [-0.2, -0.15) is 10.9 Å². The van der Waals surface area contributed by atoms with Crippen molar-refractivity contribution in [2.75, 3.05) is 0 Å². The largest absolute Gasteiger partial charge is 0.171 e. The van der Waals surface area contributed by atoms with Gasteiger partial charge in [0.1, 0.15) is 0 Å². The van der Waals surface area contributed by atoms with Gasteiger partial charge in [0, 0.05) is 9.79 Å². The van der Waals surface area contributed by atoms with E-state index in [4.69, 9.17) is 0 Å². The van der Waals surface area contributed by atoms with E-state index in [2.05, 4.69) is 164 Å². The Balaban J connectivity index is 1.27. The Morgan fingerprint density at radius 1 is 0.302 bits per heavy atom. The summed E-state index contributed by atoms with van der Waals surface area (Å²) in [5, 5.41) is 7.95. The van der Waals surface area contributed by atoms with Crippen LogP contribution in [-0.2, 0) is 0 Å². The van der Waals surface area contributed by atoms with E-state index in [-0.39, 0.29) is 0 Å². The Labute approximate surface area is 254 Å². The van der Waals surface area contributed by atoms with Gasteiger partial charge in [-0.3, -0.25) is 0 Å². The standard InChI is InChI=1S/C42H28S/c1-2-11-28(12-3-1)29-21-23-30(24-22-29)32-18-10-19-39-38-17-8-9-20-41(38)43(42(32)39)31-25-26-37-35-15-5-4-13-33(35)34-14-6-7-16-36(34)40(37)27-31/h1-27,43H. The van der Waals surface area contributed by atoms with Crippen LogP contribution in [0.1, 0.15) is 0 Å². The van der Waals surface area contributed by atoms with Crippen LogP contribution >= 0.6 is 10.9 Å². The highest BCUT2D eigenvalue weighted by atomic mass is 32.2. The summed E-state index contributed by atoms with van der Waals surface area (Å²) in [6, 6.07) is 60.7. The van der Waals surface area contributed by atoms with E-state index < -0.39 is 10.9 Å². The zero-order valence-corrected chi connectivity index (χ0v) is 24.4. The molecule has 202 valence electrons. The molecule has 0 nitrogen and oxygen atoms in total. The van der Waals surface area contributed by atoms with Crippen molar-refractivity contribution in [3.8, 4) is 33.4 Å². The summed E-state index contributed by atoms with van der Waals surface area (Å²) in [7, 11) is -0.740. The molecule has 0 bridgehead atoms. The van der Waals surface area contributed by atoms with Crippen molar-refractivity contribution in [3.05, 3.63) is 164 Å². The van der Waals surface area contributed by atoms with Crippen LogP contribution in [0.15, 0.2) is 178 Å².